The summed E-state index contributed by atoms with van der Waals surface area (Å²) in [6, 6.07) is 8.07. The lowest BCUT2D eigenvalue weighted by atomic mass is 10.1. The first kappa shape index (κ1) is 17.9. The molecule has 2 fully saturated rings. The van der Waals surface area contributed by atoms with Crippen molar-refractivity contribution in [3.05, 3.63) is 35.4 Å². The number of likely N-dealkylation sites (tertiary alicyclic amines) is 1. The molecule has 3 rings (SSSR count). The second kappa shape index (κ2) is 8.45. The molecule has 1 N–H and O–H groups in total. The molecule has 6 heteroatoms. The van der Waals surface area contributed by atoms with Gasteiger partial charge in [-0.2, -0.15) is 0 Å². The molecule has 2 amide bonds. The van der Waals surface area contributed by atoms with Gasteiger partial charge in [0.05, 0.1) is 18.6 Å². The van der Waals surface area contributed by atoms with Crippen molar-refractivity contribution in [3.63, 3.8) is 0 Å². The van der Waals surface area contributed by atoms with E-state index in [1.54, 1.807) is 11.9 Å². The van der Waals surface area contributed by atoms with Crippen LogP contribution in [0.5, 0.6) is 0 Å². The van der Waals surface area contributed by atoms with Gasteiger partial charge < -0.3 is 19.7 Å². The van der Waals surface area contributed by atoms with Gasteiger partial charge in [0.15, 0.2) is 0 Å². The topological polar surface area (TPSA) is 67.9 Å². The molecule has 2 saturated heterocycles. The fourth-order valence-corrected chi connectivity index (χ4v) is 3.26. The molecule has 0 bridgehead atoms. The Hall–Kier alpha value is -1.92. The van der Waals surface area contributed by atoms with Crippen molar-refractivity contribution in [1.29, 1.82) is 0 Å². The number of carbonyl (C=O) groups excluding carboxylic acids is 2. The highest BCUT2D eigenvalue weighted by Gasteiger charge is 2.31. The average Bonchev–Trinajstić information content (AvgIpc) is 2.98. The molecule has 0 aliphatic carbocycles. The highest BCUT2D eigenvalue weighted by Crippen LogP contribution is 2.17. The number of amides is 2. The molecule has 0 spiro atoms. The van der Waals surface area contributed by atoms with Gasteiger partial charge in [-0.1, -0.05) is 24.3 Å². The van der Waals surface area contributed by atoms with Gasteiger partial charge in [0.2, 0.25) is 11.8 Å². The fourth-order valence-electron chi connectivity index (χ4n) is 3.26. The lowest BCUT2D eigenvalue weighted by molar-refractivity contribution is -0.128. The Morgan fingerprint density at radius 1 is 1.32 bits per heavy atom. The van der Waals surface area contributed by atoms with Gasteiger partial charge in [-0.05, 0) is 24.0 Å². The van der Waals surface area contributed by atoms with Gasteiger partial charge in [0.1, 0.15) is 0 Å². The molecule has 2 heterocycles. The third-order valence-corrected chi connectivity index (χ3v) is 4.82. The van der Waals surface area contributed by atoms with E-state index in [9.17, 15) is 9.59 Å². The van der Waals surface area contributed by atoms with Crippen LogP contribution in [0.4, 0.5) is 0 Å². The van der Waals surface area contributed by atoms with Gasteiger partial charge in [0, 0.05) is 39.8 Å². The minimum absolute atomic E-state index is 0.0346. The Morgan fingerprint density at radius 3 is 2.80 bits per heavy atom. The quantitative estimate of drug-likeness (QED) is 0.847. The van der Waals surface area contributed by atoms with E-state index in [4.69, 9.17) is 9.47 Å². The molecule has 0 aromatic heterocycles. The molecular weight excluding hydrogens is 320 g/mol. The van der Waals surface area contributed by atoms with Crippen LogP contribution in [0.2, 0.25) is 0 Å². The Kier molecular flexibility index (Phi) is 6.04. The van der Waals surface area contributed by atoms with Crippen molar-refractivity contribution in [2.45, 2.75) is 38.5 Å². The Balaban J connectivity index is 1.46. The second-order valence-electron chi connectivity index (χ2n) is 6.84. The van der Waals surface area contributed by atoms with Gasteiger partial charge in [-0.15, -0.1) is 0 Å². The first-order valence-electron chi connectivity index (χ1n) is 8.90. The molecule has 1 aromatic carbocycles. The summed E-state index contributed by atoms with van der Waals surface area (Å²) in [6.45, 7) is 3.10. The number of hydrogen-bond acceptors (Lipinski definition) is 4. The van der Waals surface area contributed by atoms with Crippen LogP contribution in [-0.4, -0.2) is 49.6 Å². The first-order chi connectivity index (χ1) is 12.1. The number of benzene rings is 1. The van der Waals surface area contributed by atoms with E-state index in [-0.39, 0.29) is 23.8 Å². The van der Waals surface area contributed by atoms with Crippen molar-refractivity contribution in [2.75, 3.05) is 26.8 Å². The zero-order valence-corrected chi connectivity index (χ0v) is 14.7. The van der Waals surface area contributed by atoms with E-state index >= 15 is 0 Å². The number of nitrogens with one attached hydrogen (secondary N) is 1. The predicted molar refractivity (Wildman–Crippen MR) is 92.7 cm³/mol. The van der Waals surface area contributed by atoms with Crippen LogP contribution in [0.1, 0.15) is 30.4 Å². The standard InChI is InChI=1S/C19H26N2O4/c1-21-12-16(10-18(21)22)19(23)20-11-14-3-2-4-15(9-14)13-25-17-5-7-24-8-6-17/h2-4,9,16-17H,5-8,10-13H2,1H3,(H,20,23)/t16-/m0/s1. The van der Waals surface area contributed by atoms with E-state index < -0.39 is 0 Å². The minimum Gasteiger partial charge on any atom is -0.381 e. The summed E-state index contributed by atoms with van der Waals surface area (Å²) in [7, 11) is 1.73. The molecule has 0 radical (unpaired) electrons. The largest absolute Gasteiger partial charge is 0.381 e. The molecule has 1 atom stereocenters. The number of hydrogen-bond donors (Lipinski definition) is 1. The van der Waals surface area contributed by atoms with Gasteiger partial charge in [0.25, 0.3) is 0 Å². The molecule has 0 saturated carbocycles. The van der Waals surface area contributed by atoms with Crippen LogP contribution < -0.4 is 5.32 Å². The van der Waals surface area contributed by atoms with Gasteiger partial charge in [-0.3, -0.25) is 9.59 Å². The molecular formula is C19H26N2O4. The molecule has 2 aliphatic heterocycles. The normalized spacial score (nSPS) is 21.6. The Morgan fingerprint density at radius 2 is 2.08 bits per heavy atom. The van der Waals surface area contributed by atoms with Crippen molar-refractivity contribution >= 4 is 11.8 Å². The summed E-state index contributed by atoms with van der Waals surface area (Å²) in [5.74, 6) is -0.258. The van der Waals surface area contributed by atoms with Crippen molar-refractivity contribution in [3.8, 4) is 0 Å². The third kappa shape index (κ3) is 5.03. The summed E-state index contributed by atoms with van der Waals surface area (Å²) in [5, 5.41) is 2.94. The van der Waals surface area contributed by atoms with Crippen LogP contribution in [0.15, 0.2) is 24.3 Å². The summed E-state index contributed by atoms with van der Waals surface area (Å²) in [5.41, 5.74) is 2.15. The zero-order valence-electron chi connectivity index (χ0n) is 14.7. The number of rotatable bonds is 6. The molecule has 1 aromatic rings. The van der Waals surface area contributed by atoms with E-state index in [0.717, 1.165) is 37.2 Å². The van der Waals surface area contributed by atoms with Gasteiger partial charge >= 0.3 is 0 Å². The lowest BCUT2D eigenvalue weighted by Gasteiger charge is -2.22. The summed E-state index contributed by atoms with van der Waals surface area (Å²) in [4.78, 5) is 25.3. The number of nitrogens with zero attached hydrogens (tertiary/aromatic N) is 1. The molecule has 136 valence electrons. The summed E-state index contributed by atoms with van der Waals surface area (Å²) in [6.07, 6.45) is 2.48. The maximum absolute atomic E-state index is 12.2. The lowest BCUT2D eigenvalue weighted by Crippen LogP contribution is -2.31. The van der Waals surface area contributed by atoms with Crippen LogP contribution >= 0.6 is 0 Å². The van der Waals surface area contributed by atoms with E-state index in [1.807, 2.05) is 18.2 Å². The monoisotopic (exact) mass is 346 g/mol. The zero-order chi connectivity index (χ0) is 17.6. The van der Waals surface area contributed by atoms with Crippen LogP contribution in [0.25, 0.3) is 0 Å². The molecule has 2 aliphatic rings. The predicted octanol–water partition coefficient (Wildman–Crippen LogP) is 1.48. The molecule has 6 nitrogen and oxygen atoms in total. The van der Waals surface area contributed by atoms with E-state index in [0.29, 0.717) is 26.1 Å². The third-order valence-electron chi connectivity index (χ3n) is 4.82. The van der Waals surface area contributed by atoms with Crippen LogP contribution in [-0.2, 0) is 32.2 Å². The Labute approximate surface area is 148 Å². The maximum Gasteiger partial charge on any atom is 0.225 e. The smallest absolute Gasteiger partial charge is 0.225 e. The molecule has 25 heavy (non-hydrogen) atoms. The number of carbonyl (C=O) groups is 2. The highest BCUT2D eigenvalue weighted by atomic mass is 16.5. The van der Waals surface area contributed by atoms with Crippen LogP contribution in [0.3, 0.4) is 0 Å². The fraction of sp³-hybridized carbons (Fsp3) is 0.579. The Bertz CT molecular complexity index is 613. The maximum atomic E-state index is 12.2. The average molecular weight is 346 g/mol. The summed E-state index contributed by atoms with van der Waals surface area (Å²) < 4.78 is 11.3. The summed E-state index contributed by atoms with van der Waals surface area (Å²) >= 11 is 0. The van der Waals surface area contributed by atoms with E-state index in [2.05, 4.69) is 11.4 Å². The highest BCUT2D eigenvalue weighted by molar-refractivity contribution is 5.89. The van der Waals surface area contributed by atoms with E-state index in [1.165, 1.54) is 0 Å². The van der Waals surface area contributed by atoms with Crippen molar-refractivity contribution < 1.29 is 19.1 Å². The SMILES string of the molecule is CN1C[C@@H](C(=O)NCc2cccc(COC3CCOCC3)c2)CC1=O. The van der Waals surface area contributed by atoms with Crippen molar-refractivity contribution in [2.24, 2.45) is 5.92 Å². The van der Waals surface area contributed by atoms with Crippen LogP contribution in [0, 0.1) is 5.92 Å². The minimum atomic E-state index is -0.238. The van der Waals surface area contributed by atoms with Crippen molar-refractivity contribution in [1.82, 2.24) is 10.2 Å². The number of ether oxygens (including phenoxy) is 2. The first-order valence-corrected chi connectivity index (χ1v) is 8.90. The van der Waals surface area contributed by atoms with Gasteiger partial charge in [-0.25, -0.2) is 0 Å². The second-order valence-corrected chi connectivity index (χ2v) is 6.84. The molecule has 0 unspecified atom stereocenters.